The summed E-state index contributed by atoms with van der Waals surface area (Å²) in [5, 5.41) is 8.93. The van der Waals surface area contributed by atoms with E-state index in [1.807, 2.05) is 18.2 Å². The summed E-state index contributed by atoms with van der Waals surface area (Å²) in [6.45, 7) is 3.11. The lowest BCUT2D eigenvalue weighted by Gasteiger charge is -2.39. The van der Waals surface area contributed by atoms with Gasteiger partial charge in [-0.1, -0.05) is 12.1 Å². The third-order valence-electron chi connectivity index (χ3n) is 5.48. The maximum Gasteiger partial charge on any atom is 0.218 e. The number of hydrogen-bond acceptors (Lipinski definition) is 6. The molecule has 0 N–H and O–H groups in total. The second kappa shape index (κ2) is 7.93. The molecule has 1 saturated heterocycles. The molecule has 2 aliphatic rings. The molecule has 2 heterocycles. The Morgan fingerprint density at radius 3 is 2.44 bits per heavy atom. The van der Waals surface area contributed by atoms with E-state index in [4.69, 9.17) is 10.00 Å². The maximum atomic E-state index is 8.93. The third-order valence-corrected chi connectivity index (χ3v) is 5.48. The number of anilines is 1. The van der Waals surface area contributed by atoms with Gasteiger partial charge in [0.05, 0.1) is 18.7 Å². The smallest absolute Gasteiger partial charge is 0.218 e. The predicted molar refractivity (Wildman–Crippen MR) is 104 cm³/mol. The number of aromatic nitrogens is 2. The van der Waals surface area contributed by atoms with Crippen molar-refractivity contribution in [3.8, 4) is 11.9 Å². The second-order valence-electron chi connectivity index (χ2n) is 7.37. The molecular formula is C21H25N5O. The molecular weight excluding hydrogens is 338 g/mol. The molecule has 2 fully saturated rings. The van der Waals surface area contributed by atoms with E-state index in [9.17, 15) is 0 Å². The fourth-order valence-electron chi connectivity index (χ4n) is 3.91. The average Bonchev–Trinajstić information content (AvgIpc) is 3.55. The molecule has 1 saturated carbocycles. The van der Waals surface area contributed by atoms with E-state index in [0.717, 1.165) is 43.9 Å². The van der Waals surface area contributed by atoms with Crippen molar-refractivity contribution >= 4 is 5.82 Å². The Hall–Kier alpha value is -2.65. The topological polar surface area (TPSA) is 65.3 Å². The zero-order valence-electron chi connectivity index (χ0n) is 15.7. The summed E-state index contributed by atoms with van der Waals surface area (Å²) in [5.41, 5.74) is 1.99. The number of rotatable bonds is 6. The van der Waals surface area contributed by atoms with Crippen LogP contribution < -0.4 is 9.64 Å². The number of benzene rings is 1. The molecule has 27 heavy (non-hydrogen) atoms. The van der Waals surface area contributed by atoms with Gasteiger partial charge in [-0.3, -0.25) is 4.90 Å². The molecule has 6 heteroatoms. The molecule has 0 amide bonds. The van der Waals surface area contributed by atoms with Gasteiger partial charge in [0.2, 0.25) is 5.88 Å². The van der Waals surface area contributed by atoms with Crippen LogP contribution in [0.3, 0.4) is 0 Å². The minimum Gasteiger partial charge on any atom is -0.481 e. The van der Waals surface area contributed by atoms with E-state index >= 15 is 0 Å². The van der Waals surface area contributed by atoms with Crippen molar-refractivity contribution in [3.05, 3.63) is 47.8 Å². The van der Waals surface area contributed by atoms with E-state index < -0.39 is 0 Å². The molecule has 6 nitrogen and oxygen atoms in total. The molecule has 1 aliphatic heterocycles. The van der Waals surface area contributed by atoms with Crippen molar-refractivity contribution in [1.82, 2.24) is 14.9 Å². The van der Waals surface area contributed by atoms with Crippen molar-refractivity contribution in [2.75, 3.05) is 25.1 Å². The highest BCUT2D eigenvalue weighted by molar-refractivity contribution is 5.45. The number of likely N-dealkylation sites (tertiary alicyclic amines) is 1. The number of nitriles is 1. The molecule has 0 bridgehead atoms. The number of hydrogen-bond donors (Lipinski definition) is 0. The Bertz CT molecular complexity index is 804. The monoisotopic (exact) mass is 363 g/mol. The average molecular weight is 363 g/mol. The SMILES string of the molecule is COc1cc(N(C2CC2)C2CCN(Cc3ccc(C#N)cc3)CC2)ncn1. The van der Waals surface area contributed by atoms with Crippen molar-refractivity contribution in [2.24, 2.45) is 0 Å². The van der Waals surface area contributed by atoms with E-state index in [1.165, 1.54) is 18.4 Å². The third kappa shape index (κ3) is 4.20. The fourth-order valence-corrected chi connectivity index (χ4v) is 3.91. The Kier molecular flexibility index (Phi) is 5.21. The number of piperidine rings is 1. The van der Waals surface area contributed by atoms with Crippen LogP contribution in [0.25, 0.3) is 0 Å². The lowest BCUT2D eigenvalue weighted by molar-refractivity contribution is 0.200. The molecule has 140 valence electrons. The Morgan fingerprint density at radius 1 is 1.11 bits per heavy atom. The van der Waals surface area contributed by atoms with Gasteiger partial charge in [0.1, 0.15) is 12.1 Å². The van der Waals surface area contributed by atoms with Crippen LogP contribution in [0, 0.1) is 11.3 Å². The first kappa shape index (κ1) is 17.7. The Balaban J connectivity index is 1.38. The predicted octanol–water partition coefficient (Wildman–Crippen LogP) is 2.99. The fraction of sp³-hybridized carbons (Fsp3) is 0.476. The quantitative estimate of drug-likeness (QED) is 0.786. The summed E-state index contributed by atoms with van der Waals surface area (Å²) in [6.07, 6.45) is 6.37. The highest BCUT2D eigenvalue weighted by atomic mass is 16.5. The number of ether oxygens (including phenoxy) is 1. The highest BCUT2D eigenvalue weighted by Crippen LogP contribution is 2.36. The summed E-state index contributed by atoms with van der Waals surface area (Å²) >= 11 is 0. The molecule has 0 spiro atoms. The van der Waals surface area contributed by atoms with Crippen LogP contribution in [0.15, 0.2) is 36.7 Å². The van der Waals surface area contributed by atoms with Crippen LogP contribution in [0.2, 0.25) is 0 Å². The van der Waals surface area contributed by atoms with Crippen LogP contribution in [0.1, 0.15) is 36.8 Å². The molecule has 1 aromatic heterocycles. The van der Waals surface area contributed by atoms with Crippen molar-refractivity contribution in [1.29, 1.82) is 5.26 Å². The number of methoxy groups -OCH3 is 1. The first-order valence-electron chi connectivity index (χ1n) is 9.62. The van der Waals surface area contributed by atoms with Gasteiger partial charge in [0.25, 0.3) is 0 Å². The molecule has 0 unspecified atom stereocenters. The van der Waals surface area contributed by atoms with Gasteiger partial charge in [-0.05, 0) is 43.4 Å². The van der Waals surface area contributed by atoms with Crippen LogP contribution in [-0.2, 0) is 6.54 Å². The molecule has 4 rings (SSSR count). The molecule has 1 aromatic carbocycles. The largest absolute Gasteiger partial charge is 0.481 e. The Morgan fingerprint density at radius 2 is 1.81 bits per heavy atom. The van der Waals surface area contributed by atoms with Gasteiger partial charge in [-0.2, -0.15) is 5.26 Å². The van der Waals surface area contributed by atoms with Gasteiger partial charge in [0.15, 0.2) is 0 Å². The van der Waals surface area contributed by atoms with Gasteiger partial charge in [-0.25, -0.2) is 9.97 Å². The van der Waals surface area contributed by atoms with Gasteiger partial charge in [0, 0.05) is 37.8 Å². The standard InChI is InChI=1S/C21H25N5O/c1-27-21-12-20(23-15-24-21)26(18-6-7-18)19-8-10-25(11-9-19)14-17-4-2-16(13-22)3-5-17/h2-5,12,15,18-19H,6-11,14H2,1H3. The van der Waals surface area contributed by atoms with E-state index in [1.54, 1.807) is 13.4 Å². The molecule has 1 aliphatic carbocycles. The summed E-state index contributed by atoms with van der Waals surface area (Å²) in [5.74, 6) is 1.62. The van der Waals surface area contributed by atoms with Gasteiger partial charge in [-0.15, -0.1) is 0 Å². The first-order chi connectivity index (χ1) is 13.3. The first-order valence-corrected chi connectivity index (χ1v) is 9.62. The van der Waals surface area contributed by atoms with E-state index in [2.05, 4.69) is 38.0 Å². The van der Waals surface area contributed by atoms with Crippen molar-refractivity contribution in [3.63, 3.8) is 0 Å². The second-order valence-corrected chi connectivity index (χ2v) is 7.37. The van der Waals surface area contributed by atoms with Gasteiger partial charge < -0.3 is 9.64 Å². The van der Waals surface area contributed by atoms with Crippen LogP contribution >= 0.6 is 0 Å². The maximum absolute atomic E-state index is 8.93. The zero-order chi connectivity index (χ0) is 18.6. The highest BCUT2D eigenvalue weighted by Gasteiger charge is 2.36. The molecule has 0 atom stereocenters. The van der Waals surface area contributed by atoms with E-state index in [0.29, 0.717) is 18.0 Å². The molecule has 0 radical (unpaired) electrons. The van der Waals surface area contributed by atoms with Gasteiger partial charge >= 0.3 is 0 Å². The molecule has 2 aromatic rings. The summed E-state index contributed by atoms with van der Waals surface area (Å²) in [6, 6.07) is 13.2. The minimum atomic E-state index is 0.523. The zero-order valence-corrected chi connectivity index (χ0v) is 15.7. The van der Waals surface area contributed by atoms with Crippen molar-refractivity contribution in [2.45, 2.75) is 44.3 Å². The summed E-state index contributed by atoms with van der Waals surface area (Å²) in [4.78, 5) is 13.7. The van der Waals surface area contributed by atoms with E-state index in [-0.39, 0.29) is 0 Å². The Labute approximate surface area is 160 Å². The lowest BCUT2D eigenvalue weighted by atomic mass is 10.0. The van der Waals surface area contributed by atoms with Crippen LogP contribution in [0.4, 0.5) is 5.82 Å². The summed E-state index contributed by atoms with van der Waals surface area (Å²) in [7, 11) is 1.65. The van der Waals surface area contributed by atoms with Crippen LogP contribution in [-0.4, -0.2) is 47.2 Å². The summed E-state index contributed by atoms with van der Waals surface area (Å²) < 4.78 is 5.29. The number of nitrogens with zero attached hydrogens (tertiary/aromatic N) is 5. The van der Waals surface area contributed by atoms with Crippen molar-refractivity contribution < 1.29 is 4.74 Å². The van der Waals surface area contributed by atoms with Crippen LogP contribution in [0.5, 0.6) is 5.88 Å². The normalized spacial score (nSPS) is 18.1. The lowest BCUT2D eigenvalue weighted by Crippen LogP contribution is -2.46. The minimum absolute atomic E-state index is 0.523.